The highest BCUT2D eigenvalue weighted by Gasteiger charge is 2.43. The number of imidazole rings is 1. The molecule has 0 radical (unpaired) electrons. The fourth-order valence-electron chi connectivity index (χ4n) is 5.05. The van der Waals surface area contributed by atoms with E-state index >= 15 is 0 Å². The molecule has 7 heteroatoms. The van der Waals surface area contributed by atoms with E-state index in [1.165, 1.54) is 29.5 Å². The number of hydrogen-bond donors (Lipinski definition) is 2. The number of para-hydroxylation sites is 1. The van der Waals surface area contributed by atoms with Crippen molar-refractivity contribution < 1.29 is 4.74 Å². The Morgan fingerprint density at radius 3 is 2.76 bits per heavy atom. The topological polar surface area (TPSA) is 63.5 Å². The molecule has 2 N–H and O–H groups in total. The second kappa shape index (κ2) is 10.6. The van der Waals surface area contributed by atoms with Gasteiger partial charge in [-0.2, -0.15) is 0 Å². The van der Waals surface area contributed by atoms with Crippen molar-refractivity contribution in [3.05, 3.63) is 83.9 Å². The van der Waals surface area contributed by atoms with Gasteiger partial charge in [-0.15, -0.1) is 24.0 Å². The first kappa shape index (κ1) is 23.6. The molecule has 1 atom stereocenters. The number of benzene rings is 2. The summed E-state index contributed by atoms with van der Waals surface area (Å²) in [4.78, 5) is 8.64. The number of rotatable bonds is 5. The second-order valence-corrected chi connectivity index (χ2v) is 8.91. The van der Waals surface area contributed by atoms with Crippen LogP contribution in [0.5, 0.6) is 5.75 Å². The highest BCUT2D eigenvalue weighted by molar-refractivity contribution is 14.0. The first-order valence-electron chi connectivity index (χ1n) is 11.5. The Bertz CT molecular complexity index is 1080. The van der Waals surface area contributed by atoms with Gasteiger partial charge in [0, 0.05) is 44.5 Å². The molecule has 1 aliphatic heterocycles. The molecule has 1 fully saturated rings. The lowest BCUT2D eigenvalue weighted by molar-refractivity contribution is 0.0396. The van der Waals surface area contributed by atoms with Crippen LogP contribution in [0.1, 0.15) is 54.8 Å². The second-order valence-electron chi connectivity index (χ2n) is 8.91. The fourth-order valence-corrected chi connectivity index (χ4v) is 5.05. The molecule has 0 bridgehead atoms. The molecule has 2 aliphatic rings. The predicted molar refractivity (Wildman–Crippen MR) is 142 cm³/mol. The van der Waals surface area contributed by atoms with Crippen molar-refractivity contribution in [2.45, 2.75) is 56.8 Å². The van der Waals surface area contributed by atoms with Crippen molar-refractivity contribution >= 4 is 29.9 Å². The number of halogens is 1. The Morgan fingerprint density at radius 1 is 1.15 bits per heavy atom. The van der Waals surface area contributed by atoms with Gasteiger partial charge in [-0.05, 0) is 42.9 Å². The van der Waals surface area contributed by atoms with Crippen molar-refractivity contribution in [2.24, 2.45) is 4.99 Å². The van der Waals surface area contributed by atoms with Crippen LogP contribution in [0.25, 0.3) is 0 Å². The van der Waals surface area contributed by atoms with Crippen molar-refractivity contribution in [1.29, 1.82) is 0 Å². The summed E-state index contributed by atoms with van der Waals surface area (Å²) in [7, 11) is 1.83. The van der Waals surface area contributed by atoms with Crippen LogP contribution in [0.3, 0.4) is 0 Å². The zero-order valence-corrected chi connectivity index (χ0v) is 21.4. The van der Waals surface area contributed by atoms with Crippen LogP contribution >= 0.6 is 24.0 Å². The average molecular weight is 557 g/mol. The molecule has 6 nitrogen and oxygen atoms in total. The molecule has 0 saturated heterocycles. The van der Waals surface area contributed by atoms with Crippen LogP contribution in [-0.2, 0) is 13.1 Å². The van der Waals surface area contributed by atoms with Gasteiger partial charge in [0.1, 0.15) is 11.4 Å². The molecule has 3 aromatic rings. The molecule has 0 amide bonds. The molecule has 1 aromatic heterocycles. The summed E-state index contributed by atoms with van der Waals surface area (Å²) >= 11 is 0. The van der Waals surface area contributed by atoms with Crippen LogP contribution in [0, 0.1) is 0 Å². The maximum absolute atomic E-state index is 6.50. The van der Waals surface area contributed by atoms with Gasteiger partial charge < -0.3 is 19.9 Å². The third-order valence-corrected chi connectivity index (χ3v) is 6.62. The average Bonchev–Trinajstić information content (AvgIpc) is 3.49. The van der Waals surface area contributed by atoms with Crippen LogP contribution in [0.2, 0.25) is 0 Å². The minimum atomic E-state index is -0.0352. The van der Waals surface area contributed by atoms with Crippen molar-refractivity contribution in [3.8, 4) is 5.75 Å². The Labute approximate surface area is 212 Å². The molecule has 1 saturated carbocycles. The van der Waals surface area contributed by atoms with Gasteiger partial charge in [0.25, 0.3) is 0 Å². The smallest absolute Gasteiger partial charge is 0.191 e. The minimum absolute atomic E-state index is 0. The summed E-state index contributed by atoms with van der Waals surface area (Å²) in [5.74, 6) is 1.83. The van der Waals surface area contributed by atoms with Gasteiger partial charge in [-0.1, -0.05) is 42.5 Å². The summed E-state index contributed by atoms with van der Waals surface area (Å²) in [5.41, 5.74) is 3.67. The van der Waals surface area contributed by atoms with E-state index in [0.717, 1.165) is 37.5 Å². The van der Waals surface area contributed by atoms with E-state index in [2.05, 4.69) is 73.7 Å². The van der Waals surface area contributed by atoms with Gasteiger partial charge in [0.05, 0.1) is 12.4 Å². The molecular formula is C26H32IN5O. The third kappa shape index (κ3) is 5.51. The molecule has 33 heavy (non-hydrogen) atoms. The first-order chi connectivity index (χ1) is 15.7. The maximum atomic E-state index is 6.50. The van der Waals surface area contributed by atoms with Gasteiger partial charge in [0.2, 0.25) is 0 Å². The molecule has 1 spiro atoms. The molecule has 1 unspecified atom stereocenters. The lowest BCUT2D eigenvalue weighted by Gasteiger charge is -2.40. The quantitative estimate of drug-likeness (QED) is 0.262. The van der Waals surface area contributed by atoms with Crippen molar-refractivity contribution in [1.82, 2.24) is 20.2 Å². The number of nitrogens with zero attached hydrogens (tertiary/aromatic N) is 3. The number of fused-ring (bicyclic) bond motifs is 1. The van der Waals surface area contributed by atoms with Crippen LogP contribution in [0.15, 0.2) is 72.2 Å². The molecule has 2 aromatic carbocycles. The standard InChI is InChI=1S/C26H31N5O.HI/c1-27-25(29-17-20-7-6-8-21(15-20)18-31-14-13-28-19-31)30-23-16-26(11-4-5-12-26)32-24-10-3-2-9-22(23)24;/h2-3,6-10,13-15,19,23H,4-5,11-12,16-18H2,1H3,(H2,27,29,30);1H. The van der Waals surface area contributed by atoms with Gasteiger partial charge >= 0.3 is 0 Å². The van der Waals surface area contributed by atoms with E-state index < -0.39 is 0 Å². The molecule has 1 aliphatic carbocycles. The Hall–Kier alpha value is -2.55. The number of guanidine groups is 1. The number of ether oxygens (including phenoxy) is 1. The largest absolute Gasteiger partial charge is 0.487 e. The highest BCUT2D eigenvalue weighted by atomic mass is 127. The third-order valence-electron chi connectivity index (χ3n) is 6.62. The molecular weight excluding hydrogens is 525 g/mol. The molecule has 174 valence electrons. The lowest BCUT2D eigenvalue weighted by atomic mass is 9.86. The summed E-state index contributed by atoms with van der Waals surface area (Å²) in [6, 6.07) is 17.3. The number of aliphatic imine (C=N–C) groups is 1. The van der Waals surface area contributed by atoms with Crippen LogP contribution in [0.4, 0.5) is 0 Å². The SMILES string of the molecule is CN=C(NCc1cccc(Cn2ccnc2)c1)NC1CC2(CCCC2)Oc2ccccc21.I. The predicted octanol–water partition coefficient (Wildman–Crippen LogP) is 5.05. The lowest BCUT2D eigenvalue weighted by Crippen LogP contribution is -2.46. The zero-order valence-electron chi connectivity index (χ0n) is 19.0. The van der Waals surface area contributed by atoms with Gasteiger partial charge in [0.15, 0.2) is 5.96 Å². The normalized spacial score (nSPS) is 18.8. The van der Waals surface area contributed by atoms with E-state index in [4.69, 9.17) is 4.74 Å². The van der Waals surface area contributed by atoms with Crippen molar-refractivity contribution in [2.75, 3.05) is 7.05 Å². The van der Waals surface area contributed by atoms with Crippen molar-refractivity contribution in [3.63, 3.8) is 0 Å². The Balaban J connectivity index is 0.00000259. The van der Waals surface area contributed by atoms with Crippen LogP contribution in [-0.4, -0.2) is 28.2 Å². The van der Waals surface area contributed by atoms with E-state index in [0.29, 0.717) is 6.54 Å². The molecule has 2 heterocycles. The number of nitrogens with one attached hydrogen (secondary N) is 2. The molecule has 5 rings (SSSR count). The van der Waals surface area contributed by atoms with E-state index in [1.54, 1.807) is 0 Å². The Kier molecular flexibility index (Phi) is 7.57. The number of aromatic nitrogens is 2. The summed E-state index contributed by atoms with van der Waals surface area (Å²) in [6.07, 6.45) is 11.4. The van der Waals surface area contributed by atoms with E-state index in [1.807, 2.05) is 25.8 Å². The van der Waals surface area contributed by atoms with Gasteiger partial charge in [-0.3, -0.25) is 4.99 Å². The monoisotopic (exact) mass is 557 g/mol. The highest BCUT2D eigenvalue weighted by Crippen LogP contribution is 2.46. The summed E-state index contributed by atoms with van der Waals surface area (Å²) < 4.78 is 8.58. The minimum Gasteiger partial charge on any atom is -0.487 e. The van der Waals surface area contributed by atoms with Crippen LogP contribution < -0.4 is 15.4 Å². The Morgan fingerprint density at radius 2 is 1.97 bits per heavy atom. The fraction of sp³-hybridized carbons (Fsp3) is 0.385. The van der Waals surface area contributed by atoms with E-state index in [9.17, 15) is 0 Å². The van der Waals surface area contributed by atoms with Gasteiger partial charge in [-0.25, -0.2) is 4.98 Å². The maximum Gasteiger partial charge on any atom is 0.191 e. The first-order valence-corrected chi connectivity index (χ1v) is 11.5. The summed E-state index contributed by atoms with van der Waals surface area (Å²) in [6.45, 7) is 1.54. The zero-order chi connectivity index (χ0) is 21.8. The van der Waals surface area contributed by atoms with E-state index in [-0.39, 0.29) is 35.6 Å². The summed E-state index contributed by atoms with van der Waals surface area (Å²) in [5, 5.41) is 7.19. The number of hydrogen-bond acceptors (Lipinski definition) is 3.